The van der Waals surface area contributed by atoms with Gasteiger partial charge in [0.05, 0.1) is 30.6 Å². The zero-order valence-corrected chi connectivity index (χ0v) is 21.8. The summed E-state index contributed by atoms with van der Waals surface area (Å²) in [6.45, 7) is 4.07. The second-order valence-corrected chi connectivity index (χ2v) is 9.70. The second-order valence-electron chi connectivity index (χ2n) is 8.08. The minimum absolute atomic E-state index is 0.0860. The number of halogens is 1. The third kappa shape index (κ3) is 5.48. The molecule has 4 unspecified atom stereocenters. The van der Waals surface area contributed by atoms with Crippen LogP contribution in [0.4, 0.5) is 5.95 Å². The summed E-state index contributed by atoms with van der Waals surface area (Å²) in [4.78, 5) is 8.62. The van der Waals surface area contributed by atoms with Crippen molar-refractivity contribution in [3.63, 3.8) is 0 Å². The van der Waals surface area contributed by atoms with Gasteiger partial charge in [-0.05, 0) is 50.8 Å². The topological polar surface area (TPSA) is 105 Å². The smallest absolute Gasteiger partial charge is 0.239 e. The fourth-order valence-corrected chi connectivity index (χ4v) is 4.90. The first kappa shape index (κ1) is 25.5. The zero-order valence-electron chi connectivity index (χ0n) is 20.3. The molecule has 188 valence electrons. The van der Waals surface area contributed by atoms with Crippen LogP contribution in [0.25, 0.3) is 5.69 Å². The molecule has 0 saturated carbocycles. The minimum atomic E-state index is -0.375. The Morgan fingerprint density at radius 3 is 2.37 bits per heavy atom. The van der Waals surface area contributed by atoms with Crippen LogP contribution < -0.4 is 14.2 Å². The number of anilines is 1. The van der Waals surface area contributed by atoms with Crippen LogP contribution >= 0.6 is 23.5 Å². The molecule has 4 atom stereocenters. The molecule has 0 spiro atoms. The number of aromatic nitrogens is 5. The summed E-state index contributed by atoms with van der Waals surface area (Å²) in [5.74, 6) is 2.98. The highest BCUT2D eigenvalue weighted by atomic mass is 35.5. The summed E-state index contributed by atoms with van der Waals surface area (Å²) in [7, 11) is 4.87. The van der Waals surface area contributed by atoms with Gasteiger partial charge in [0.15, 0.2) is 11.6 Å². The lowest BCUT2D eigenvalue weighted by atomic mass is 10.2. The van der Waals surface area contributed by atoms with Crippen molar-refractivity contribution in [2.75, 3.05) is 26.1 Å². The number of para-hydroxylation sites is 1. The number of hydrogen-bond donors (Lipinski definition) is 1. The first-order valence-corrected chi connectivity index (χ1v) is 12.5. The van der Waals surface area contributed by atoms with Gasteiger partial charge in [0.1, 0.15) is 29.4 Å². The molecule has 0 bridgehead atoms. The maximum absolute atomic E-state index is 6.13. The van der Waals surface area contributed by atoms with Crippen LogP contribution in [-0.4, -0.2) is 57.4 Å². The third-order valence-electron chi connectivity index (χ3n) is 5.74. The number of nitrogens with one attached hydrogen (secondary N) is 1. The zero-order chi connectivity index (χ0) is 24.9. The van der Waals surface area contributed by atoms with Crippen molar-refractivity contribution >= 4 is 29.5 Å². The van der Waals surface area contributed by atoms with Crippen LogP contribution in [0.1, 0.15) is 50.5 Å². The van der Waals surface area contributed by atoms with Gasteiger partial charge in [-0.3, -0.25) is 9.29 Å². The van der Waals surface area contributed by atoms with Crippen LogP contribution in [0.5, 0.6) is 11.5 Å². The van der Waals surface area contributed by atoms with E-state index in [2.05, 4.69) is 31.8 Å². The van der Waals surface area contributed by atoms with Gasteiger partial charge in [0.25, 0.3) is 0 Å². The van der Waals surface area contributed by atoms with Gasteiger partial charge in [0, 0.05) is 19.5 Å². The van der Waals surface area contributed by atoms with E-state index in [1.54, 1.807) is 33.7 Å². The average Bonchev–Trinajstić information content (AvgIpc) is 3.49. The lowest BCUT2D eigenvalue weighted by Crippen LogP contribution is -2.19. The molecule has 1 aliphatic rings. The molecule has 1 aliphatic heterocycles. The van der Waals surface area contributed by atoms with Crippen LogP contribution in [0.2, 0.25) is 5.02 Å². The maximum Gasteiger partial charge on any atom is 0.239 e. The number of hydrogen-bond acceptors (Lipinski definition) is 10. The van der Waals surface area contributed by atoms with Gasteiger partial charge in [-0.2, -0.15) is 0 Å². The molecule has 1 fully saturated rings. The Morgan fingerprint density at radius 1 is 1.11 bits per heavy atom. The predicted molar refractivity (Wildman–Crippen MR) is 134 cm³/mol. The fourth-order valence-electron chi connectivity index (χ4n) is 4.02. The Morgan fingerprint density at radius 2 is 1.80 bits per heavy atom. The van der Waals surface area contributed by atoms with Gasteiger partial charge < -0.3 is 18.9 Å². The lowest BCUT2D eigenvalue weighted by Gasteiger charge is -2.22. The molecule has 1 saturated heterocycles. The van der Waals surface area contributed by atoms with Crippen LogP contribution in [0.3, 0.4) is 0 Å². The van der Waals surface area contributed by atoms with E-state index in [0.717, 1.165) is 12.8 Å². The van der Waals surface area contributed by atoms with Crippen molar-refractivity contribution in [2.45, 2.75) is 50.3 Å². The molecule has 3 aromatic rings. The lowest BCUT2D eigenvalue weighted by molar-refractivity contribution is 0.0492. The molecule has 0 aliphatic carbocycles. The maximum atomic E-state index is 6.13. The highest BCUT2D eigenvalue weighted by Crippen LogP contribution is 2.40. The summed E-state index contributed by atoms with van der Waals surface area (Å²) in [5.41, 5.74) is 0.695. The Bertz CT molecular complexity index is 1110. The van der Waals surface area contributed by atoms with Crippen molar-refractivity contribution in [3.05, 3.63) is 47.3 Å². The van der Waals surface area contributed by atoms with Crippen LogP contribution in [-0.2, 0) is 9.47 Å². The summed E-state index contributed by atoms with van der Waals surface area (Å²) in [6, 6.07) is 5.62. The van der Waals surface area contributed by atoms with Gasteiger partial charge >= 0.3 is 0 Å². The van der Waals surface area contributed by atoms with Crippen molar-refractivity contribution in [1.82, 2.24) is 24.7 Å². The molecule has 35 heavy (non-hydrogen) atoms. The van der Waals surface area contributed by atoms with Crippen molar-refractivity contribution in [3.8, 4) is 17.2 Å². The normalized spacial score (nSPS) is 19.4. The van der Waals surface area contributed by atoms with E-state index in [9.17, 15) is 0 Å². The Kier molecular flexibility index (Phi) is 8.32. The molecule has 0 amide bonds. The minimum Gasteiger partial charge on any atom is -0.494 e. The molecular formula is C23H29ClN6O4S. The number of methoxy groups -OCH3 is 3. The fraction of sp³-hybridized carbons (Fsp3) is 0.478. The molecule has 10 nitrogen and oxygen atoms in total. The van der Waals surface area contributed by atoms with Gasteiger partial charge in [-0.25, -0.2) is 9.97 Å². The molecule has 1 aromatic carbocycles. The molecule has 2 aromatic heterocycles. The van der Waals surface area contributed by atoms with Crippen LogP contribution in [0, 0.1) is 0 Å². The quantitative estimate of drug-likeness (QED) is 0.374. The van der Waals surface area contributed by atoms with Gasteiger partial charge in [-0.1, -0.05) is 17.7 Å². The van der Waals surface area contributed by atoms with E-state index in [0.29, 0.717) is 39.8 Å². The number of nitrogens with zero attached hydrogens (tertiary/aromatic N) is 5. The average molecular weight is 521 g/mol. The Hall–Kier alpha value is -2.60. The van der Waals surface area contributed by atoms with E-state index < -0.39 is 0 Å². The first-order chi connectivity index (χ1) is 17.0. The standard InChI is InChI=1S/C23H29ClN6O4S/c1-13-9-10-18(34-13)22-27-28-23(30(22)19-16(31-3)7-6-8-17(19)32-4)29-35-14(2)20(33-5)21-25-11-15(24)12-26-21/h6-8,11-14,18,20H,9-10H2,1-5H3,(H,28,29). The van der Waals surface area contributed by atoms with E-state index in [-0.39, 0.29) is 23.6 Å². The van der Waals surface area contributed by atoms with E-state index in [4.69, 9.17) is 30.5 Å². The van der Waals surface area contributed by atoms with Crippen molar-refractivity contribution in [1.29, 1.82) is 0 Å². The van der Waals surface area contributed by atoms with E-state index in [1.165, 1.54) is 11.9 Å². The van der Waals surface area contributed by atoms with E-state index in [1.807, 2.05) is 29.7 Å². The Labute approximate surface area is 213 Å². The third-order valence-corrected chi connectivity index (χ3v) is 6.86. The molecular weight excluding hydrogens is 492 g/mol. The Balaban J connectivity index is 1.67. The first-order valence-electron chi connectivity index (χ1n) is 11.2. The largest absolute Gasteiger partial charge is 0.494 e. The molecule has 0 radical (unpaired) electrons. The summed E-state index contributed by atoms with van der Waals surface area (Å²) < 4.78 is 28.4. The number of benzene rings is 1. The summed E-state index contributed by atoms with van der Waals surface area (Å²) in [5, 5.41) is 9.34. The monoisotopic (exact) mass is 520 g/mol. The molecule has 3 heterocycles. The molecule has 4 rings (SSSR count). The van der Waals surface area contributed by atoms with Gasteiger partial charge in [0.2, 0.25) is 5.95 Å². The highest BCUT2D eigenvalue weighted by molar-refractivity contribution is 8.01. The SMILES string of the molecule is COc1cccc(OC)c1-n1c(NSC(C)C(OC)c2ncc(Cl)cn2)nnc1C1CCC(C)O1. The number of rotatable bonds is 10. The van der Waals surface area contributed by atoms with E-state index >= 15 is 0 Å². The number of ether oxygens (including phenoxy) is 4. The van der Waals surface area contributed by atoms with Crippen molar-refractivity contribution < 1.29 is 18.9 Å². The highest BCUT2D eigenvalue weighted by Gasteiger charge is 2.32. The summed E-state index contributed by atoms with van der Waals surface area (Å²) in [6.07, 6.45) is 4.49. The second kappa shape index (κ2) is 11.4. The van der Waals surface area contributed by atoms with Gasteiger partial charge in [-0.15, -0.1) is 10.2 Å². The van der Waals surface area contributed by atoms with Crippen molar-refractivity contribution in [2.24, 2.45) is 0 Å². The molecule has 1 N–H and O–H groups in total. The molecule has 12 heteroatoms. The predicted octanol–water partition coefficient (Wildman–Crippen LogP) is 4.80. The van der Waals surface area contributed by atoms with Crippen LogP contribution in [0.15, 0.2) is 30.6 Å². The summed E-state index contributed by atoms with van der Waals surface area (Å²) >= 11 is 7.36.